The van der Waals surface area contributed by atoms with Crippen LogP contribution < -0.4 is 5.32 Å². The minimum atomic E-state index is -0.947. The standard InChI is InChI=1S/C24H26N4O4/c29-16(14-27-20-9-3-1-7-17(20)18-8-2-4-10-21(18)27)15-28-23(31)19(25-24(28)32)13-22(30)26-11-5-6-12-26/h1-4,7-10,16,19,29H,5-6,11-15H2,(H,25,32)/t16-,19-/m1/s1. The lowest BCUT2D eigenvalue weighted by Crippen LogP contribution is -2.40. The minimum absolute atomic E-state index is 0.0377. The highest BCUT2D eigenvalue weighted by Crippen LogP contribution is 2.29. The van der Waals surface area contributed by atoms with E-state index in [1.54, 1.807) is 4.90 Å². The SMILES string of the molecule is O=C(C[C@H]1NC(=O)N(C[C@H](O)Cn2c3ccccc3c3ccccc32)C1=O)N1CCCC1. The maximum absolute atomic E-state index is 12.8. The highest BCUT2D eigenvalue weighted by molar-refractivity contribution is 6.08. The molecule has 2 N–H and O–H groups in total. The zero-order valence-electron chi connectivity index (χ0n) is 17.7. The van der Waals surface area contributed by atoms with Crippen LogP contribution in [0.3, 0.4) is 0 Å². The molecule has 5 rings (SSSR count). The summed E-state index contributed by atoms with van der Waals surface area (Å²) in [6.07, 6.45) is 0.955. The van der Waals surface area contributed by atoms with Crippen LogP contribution in [0.5, 0.6) is 0 Å². The van der Waals surface area contributed by atoms with Gasteiger partial charge in [0.15, 0.2) is 0 Å². The fourth-order valence-electron chi connectivity index (χ4n) is 4.84. The maximum atomic E-state index is 12.8. The first-order chi connectivity index (χ1) is 15.5. The predicted molar refractivity (Wildman–Crippen MR) is 120 cm³/mol. The van der Waals surface area contributed by atoms with Crippen LogP contribution in [0.15, 0.2) is 48.5 Å². The van der Waals surface area contributed by atoms with Gasteiger partial charge in [-0.1, -0.05) is 36.4 Å². The summed E-state index contributed by atoms with van der Waals surface area (Å²) in [4.78, 5) is 40.4. The molecule has 2 atom stereocenters. The van der Waals surface area contributed by atoms with Crippen LogP contribution in [0.4, 0.5) is 4.79 Å². The molecule has 0 saturated carbocycles. The van der Waals surface area contributed by atoms with E-state index in [0.717, 1.165) is 39.5 Å². The number of urea groups is 1. The molecule has 166 valence electrons. The van der Waals surface area contributed by atoms with Crippen LogP contribution in [0.2, 0.25) is 0 Å². The van der Waals surface area contributed by atoms with Crippen molar-refractivity contribution in [3.05, 3.63) is 48.5 Å². The summed E-state index contributed by atoms with van der Waals surface area (Å²) in [5.41, 5.74) is 1.97. The first-order valence-corrected chi connectivity index (χ1v) is 11.1. The number of aliphatic hydroxyl groups excluding tert-OH is 1. The first-order valence-electron chi connectivity index (χ1n) is 11.1. The van der Waals surface area contributed by atoms with Crippen LogP contribution in [0.1, 0.15) is 19.3 Å². The molecule has 3 aromatic rings. The van der Waals surface area contributed by atoms with Crippen LogP contribution in [-0.4, -0.2) is 69.1 Å². The summed E-state index contributed by atoms with van der Waals surface area (Å²) in [5.74, 6) is -0.572. The van der Waals surface area contributed by atoms with Crippen LogP contribution >= 0.6 is 0 Å². The van der Waals surface area contributed by atoms with Crippen molar-refractivity contribution in [3.8, 4) is 0 Å². The van der Waals surface area contributed by atoms with Gasteiger partial charge < -0.3 is 19.9 Å². The number of fused-ring (bicyclic) bond motifs is 3. The summed E-state index contributed by atoms with van der Waals surface area (Å²) in [6.45, 7) is 1.52. The van der Waals surface area contributed by atoms with Gasteiger partial charge in [-0.2, -0.15) is 0 Å². The third-order valence-corrected chi connectivity index (χ3v) is 6.41. The van der Waals surface area contributed by atoms with Gasteiger partial charge in [0.1, 0.15) is 6.04 Å². The third kappa shape index (κ3) is 3.60. The Labute approximate surface area is 185 Å². The van der Waals surface area contributed by atoms with Crippen molar-refractivity contribution in [1.82, 2.24) is 19.7 Å². The summed E-state index contributed by atoms with van der Waals surface area (Å²) in [6, 6.07) is 14.5. The third-order valence-electron chi connectivity index (χ3n) is 6.41. The van der Waals surface area contributed by atoms with Gasteiger partial charge in [-0.25, -0.2) is 4.79 Å². The molecule has 1 aromatic heterocycles. The Kier molecular flexibility index (Phi) is 5.30. The summed E-state index contributed by atoms with van der Waals surface area (Å²) in [7, 11) is 0. The van der Waals surface area contributed by atoms with E-state index in [4.69, 9.17) is 0 Å². The number of carbonyl (C=O) groups is 3. The van der Waals surface area contributed by atoms with E-state index in [-0.39, 0.29) is 25.4 Å². The molecular weight excluding hydrogens is 408 g/mol. The number of aliphatic hydroxyl groups is 1. The number of aromatic nitrogens is 1. The zero-order valence-corrected chi connectivity index (χ0v) is 17.7. The Morgan fingerprint density at radius 3 is 2.19 bits per heavy atom. The number of likely N-dealkylation sites (tertiary alicyclic amines) is 1. The average Bonchev–Trinajstić information content (AvgIpc) is 3.50. The number of benzene rings is 2. The van der Waals surface area contributed by atoms with E-state index in [1.165, 1.54) is 0 Å². The molecule has 8 heteroatoms. The van der Waals surface area contributed by atoms with Gasteiger partial charge in [-0.05, 0) is 25.0 Å². The number of amides is 4. The van der Waals surface area contributed by atoms with Crippen molar-refractivity contribution in [2.45, 2.75) is 38.0 Å². The number of rotatable bonds is 6. The van der Waals surface area contributed by atoms with Gasteiger partial charge in [0.05, 0.1) is 25.6 Å². The van der Waals surface area contributed by atoms with Gasteiger partial charge in [-0.15, -0.1) is 0 Å². The Bertz CT molecular complexity index is 1140. The lowest BCUT2D eigenvalue weighted by atomic mass is 10.2. The molecule has 32 heavy (non-hydrogen) atoms. The lowest BCUT2D eigenvalue weighted by molar-refractivity contribution is -0.135. The van der Waals surface area contributed by atoms with Crippen molar-refractivity contribution in [3.63, 3.8) is 0 Å². The predicted octanol–water partition coefficient (Wildman–Crippen LogP) is 2.09. The molecule has 8 nitrogen and oxygen atoms in total. The highest BCUT2D eigenvalue weighted by Gasteiger charge is 2.40. The number of carbonyl (C=O) groups excluding carboxylic acids is 3. The number of nitrogens with zero attached hydrogens (tertiary/aromatic N) is 3. The van der Waals surface area contributed by atoms with E-state index >= 15 is 0 Å². The van der Waals surface area contributed by atoms with Crippen molar-refractivity contribution in [2.75, 3.05) is 19.6 Å². The summed E-state index contributed by atoms with van der Waals surface area (Å²) >= 11 is 0. The largest absolute Gasteiger partial charge is 0.389 e. The number of hydrogen-bond acceptors (Lipinski definition) is 4. The Morgan fingerprint density at radius 2 is 1.56 bits per heavy atom. The van der Waals surface area contributed by atoms with Crippen LogP contribution in [0.25, 0.3) is 21.8 Å². The molecule has 0 unspecified atom stereocenters. The molecule has 0 radical (unpaired) electrons. The monoisotopic (exact) mass is 434 g/mol. The maximum Gasteiger partial charge on any atom is 0.324 e. The fourth-order valence-corrected chi connectivity index (χ4v) is 4.84. The van der Waals surface area contributed by atoms with E-state index in [1.807, 2.05) is 53.1 Å². The van der Waals surface area contributed by atoms with Gasteiger partial charge in [0.2, 0.25) is 5.91 Å². The molecule has 2 aromatic carbocycles. The second-order valence-corrected chi connectivity index (χ2v) is 8.54. The topological polar surface area (TPSA) is 94.9 Å². The Hall–Kier alpha value is -3.39. The van der Waals surface area contributed by atoms with E-state index in [2.05, 4.69) is 5.32 Å². The Morgan fingerprint density at radius 1 is 0.969 bits per heavy atom. The van der Waals surface area contributed by atoms with Crippen LogP contribution in [-0.2, 0) is 16.1 Å². The molecular formula is C24H26N4O4. The fraction of sp³-hybridized carbons (Fsp3) is 0.375. The number of nitrogens with one attached hydrogen (secondary N) is 1. The molecule has 2 aliphatic heterocycles. The zero-order chi connectivity index (χ0) is 22.2. The molecule has 0 spiro atoms. The second-order valence-electron chi connectivity index (χ2n) is 8.54. The summed E-state index contributed by atoms with van der Waals surface area (Å²) < 4.78 is 2.02. The number of para-hydroxylation sites is 2. The average molecular weight is 434 g/mol. The van der Waals surface area contributed by atoms with Crippen molar-refractivity contribution >= 4 is 39.7 Å². The van der Waals surface area contributed by atoms with Gasteiger partial charge in [0.25, 0.3) is 5.91 Å². The lowest BCUT2D eigenvalue weighted by Gasteiger charge is -2.20. The quantitative estimate of drug-likeness (QED) is 0.581. The minimum Gasteiger partial charge on any atom is -0.389 e. The smallest absolute Gasteiger partial charge is 0.324 e. The van der Waals surface area contributed by atoms with Crippen molar-refractivity contribution in [2.24, 2.45) is 0 Å². The molecule has 2 aliphatic rings. The number of β-amino-alcohol motifs (C(OH)–C–C–N with tert-alkyl or cyclic N) is 1. The Balaban J connectivity index is 1.30. The number of hydrogen-bond donors (Lipinski definition) is 2. The van der Waals surface area contributed by atoms with Gasteiger partial charge in [0, 0.05) is 34.9 Å². The molecule has 2 fully saturated rings. The first kappa shape index (κ1) is 20.5. The van der Waals surface area contributed by atoms with Gasteiger partial charge in [-0.3, -0.25) is 14.5 Å². The number of imide groups is 1. The summed E-state index contributed by atoms with van der Waals surface area (Å²) in [5, 5.41) is 15.6. The van der Waals surface area contributed by atoms with Gasteiger partial charge >= 0.3 is 6.03 Å². The molecule has 3 heterocycles. The molecule has 0 aliphatic carbocycles. The van der Waals surface area contributed by atoms with Crippen molar-refractivity contribution in [1.29, 1.82) is 0 Å². The van der Waals surface area contributed by atoms with E-state index in [9.17, 15) is 19.5 Å². The van der Waals surface area contributed by atoms with E-state index in [0.29, 0.717) is 13.1 Å². The van der Waals surface area contributed by atoms with Crippen molar-refractivity contribution < 1.29 is 19.5 Å². The highest BCUT2D eigenvalue weighted by atomic mass is 16.3. The molecule has 4 amide bonds. The van der Waals surface area contributed by atoms with E-state index < -0.39 is 24.1 Å². The second kappa shape index (κ2) is 8.27. The molecule has 0 bridgehead atoms. The normalized spacial score (nSPS) is 19.8. The molecule has 2 saturated heterocycles. The van der Waals surface area contributed by atoms with Crippen LogP contribution in [0, 0.1) is 0 Å².